The van der Waals surface area contributed by atoms with Crippen LogP contribution in [-0.2, 0) is 0 Å². The summed E-state index contributed by atoms with van der Waals surface area (Å²) in [6.45, 7) is 9.14. The van der Waals surface area contributed by atoms with Gasteiger partial charge in [-0.15, -0.1) is 24.8 Å². The Balaban J connectivity index is 0.00000216. The average molecular weight is 518 g/mol. The number of nitrogens with zero attached hydrogens (tertiary/aromatic N) is 2. The largest absolute Gasteiger partial charge is 0.491 e. The molecule has 1 fully saturated rings. The Bertz CT molecular complexity index is 923. The number of hydrogen-bond donors (Lipinski definition) is 1. The van der Waals surface area contributed by atoms with Crippen molar-refractivity contribution in [3.63, 3.8) is 0 Å². The molecule has 0 radical (unpaired) electrons. The molecule has 1 heterocycles. The molecule has 4 nitrogen and oxygen atoms in total. The lowest BCUT2D eigenvalue weighted by atomic mass is 9.96. The molecule has 0 saturated carbocycles. The van der Waals surface area contributed by atoms with Crippen molar-refractivity contribution >= 4 is 24.8 Å². The summed E-state index contributed by atoms with van der Waals surface area (Å²) >= 11 is 0. The monoisotopic (exact) mass is 516 g/mol. The molecule has 6 heteroatoms. The third-order valence-electron chi connectivity index (χ3n) is 6.46. The van der Waals surface area contributed by atoms with Crippen LogP contribution in [0.15, 0.2) is 84.9 Å². The summed E-state index contributed by atoms with van der Waals surface area (Å²) in [6.07, 6.45) is -0.500. The fourth-order valence-corrected chi connectivity index (χ4v) is 4.58. The van der Waals surface area contributed by atoms with E-state index < -0.39 is 6.10 Å². The molecule has 1 saturated heterocycles. The Hall–Kier alpha value is -2.08. The minimum Gasteiger partial charge on any atom is -0.491 e. The van der Waals surface area contributed by atoms with Gasteiger partial charge < -0.3 is 9.84 Å². The zero-order valence-corrected chi connectivity index (χ0v) is 22.3. The van der Waals surface area contributed by atoms with E-state index >= 15 is 0 Å². The van der Waals surface area contributed by atoms with Gasteiger partial charge in [0.1, 0.15) is 18.5 Å². The quantitative estimate of drug-likeness (QED) is 0.389. The van der Waals surface area contributed by atoms with Crippen LogP contribution in [0.5, 0.6) is 5.75 Å². The number of aliphatic hydroxyl groups excluding tert-OH is 1. The number of rotatable bonds is 9. The molecule has 1 aliphatic rings. The first-order chi connectivity index (χ1) is 16.1. The van der Waals surface area contributed by atoms with E-state index in [1.54, 1.807) is 0 Å². The second-order valence-electron chi connectivity index (χ2n) is 9.25. The van der Waals surface area contributed by atoms with Gasteiger partial charge in [-0.05, 0) is 34.7 Å². The van der Waals surface area contributed by atoms with Gasteiger partial charge in [0.15, 0.2) is 0 Å². The van der Waals surface area contributed by atoms with E-state index in [9.17, 15) is 5.11 Å². The van der Waals surface area contributed by atoms with Crippen LogP contribution in [0.1, 0.15) is 42.5 Å². The minimum atomic E-state index is -0.500. The summed E-state index contributed by atoms with van der Waals surface area (Å²) in [4.78, 5) is 4.90. The summed E-state index contributed by atoms with van der Waals surface area (Å²) in [5.41, 5.74) is 3.95. The van der Waals surface area contributed by atoms with Crippen LogP contribution in [0.4, 0.5) is 0 Å². The molecule has 0 amide bonds. The molecular formula is C29H38Cl2N2O2. The molecule has 0 aromatic heterocycles. The fraction of sp³-hybridized carbons (Fsp3) is 0.379. The van der Waals surface area contributed by atoms with Gasteiger partial charge in [-0.3, -0.25) is 9.80 Å². The molecule has 1 N–H and O–H groups in total. The maximum atomic E-state index is 10.6. The van der Waals surface area contributed by atoms with E-state index in [0.717, 1.165) is 31.9 Å². The number of ether oxygens (including phenoxy) is 1. The lowest BCUT2D eigenvalue weighted by molar-refractivity contribution is 0.0401. The molecule has 3 aromatic rings. The highest BCUT2D eigenvalue weighted by Gasteiger charge is 2.27. The standard InChI is InChI=1S/C29H36N2O2.2ClH/c1-23(2)24-13-15-28(16-14-24)33-22-27(32)21-30-17-19-31(20-18-30)29(25-9-5-3-6-10-25)26-11-7-4-8-12-26;;/h3-16,23,27,29,32H,17-22H2,1-2H3;2*1H. The van der Waals surface area contributed by atoms with Gasteiger partial charge in [0.25, 0.3) is 0 Å². The first-order valence-corrected chi connectivity index (χ1v) is 12.1. The molecule has 0 bridgehead atoms. The highest BCUT2D eigenvalue weighted by molar-refractivity contribution is 5.85. The molecule has 0 spiro atoms. The number of halogens is 2. The highest BCUT2D eigenvalue weighted by atomic mass is 35.5. The third-order valence-corrected chi connectivity index (χ3v) is 6.46. The minimum absolute atomic E-state index is 0. The van der Waals surface area contributed by atoms with Crippen molar-refractivity contribution in [3.8, 4) is 5.75 Å². The molecule has 4 rings (SSSR count). The predicted octanol–water partition coefficient (Wildman–Crippen LogP) is 5.80. The Labute approximate surface area is 222 Å². The fourth-order valence-electron chi connectivity index (χ4n) is 4.58. The van der Waals surface area contributed by atoms with Gasteiger partial charge in [-0.2, -0.15) is 0 Å². The van der Waals surface area contributed by atoms with Gasteiger partial charge in [0.2, 0.25) is 0 Å². The Morgan fingerprint density at radius 2 is 1.23 bits per heavy atom. The van der Waals surface area contributed by atoms with Crippen LogP contribution in [0.3, 0.4) is 0 Å². The van der Waals surface area contributed by atoms with E-state index in [2.05, 4.69) is 96.4 Å². The first kappa shape index (κ1) is 29.2. The van der Waals surface area contributed by atoms with E-state index in [1.165, 1.54) is 16.7 Å². The lowest BCUT2D eigenvalue weighted by Gasteiger charge is -2.40. The maximum absolute atomic E-state index is 10.6. The molecular weight excluding hydrogens is 479 g/mol. The average Bonchev–Trinajstić information content (AvgIpc) is 2.85. The molecule has 1 atom stereocenters. The van der Waals surface area contributed by atoms with E-state index in [1.807, 2.05) is 12.1 Å². The molecule has 1 unspecified atom stereocenters. The van der Waals surface area contributed by atoms with E-state index in [4.69, 9.17) is 4.74 Å². The SMILES string of the molecule is CC(C)c1ccc(OCC(O)CN2CCN(C(c3ccccc3)c3ccccc3)CC2)cc1.Cl.Cl. The van der Waals surface area contributed by atoms with E-state index in [0.29, 0.717) is 19.1 Å². The van der Waals surface area contributed by atoms with Gasteiger partial charge >= 0.3 is 0 Å². The topological polar surface area (TPSA) is 35.9 Å². The Kier molecular flexibility index (Phi) is 12.1. The van der Waals surface area contributed by atoms with Crippen molar-refractivity contribution in [3.05, 3.63) is 102 Å². The highest BCUT2D eigenvalue weighted by Crippen LogP contribution is 2.29. The van der Waals surface area contributed by atoms with E-state index in [-0.39, 0.29) is 30.9 Å². The molecule has 3 aromatic carbocycles. The van der Waals surface area contributed by atoms with Gasteiger partial charge in [-0.25, -0.2) is 0 Å². The van der Waals surface area contributed by atoms with Gasteiger partial charge in [-0.1, -0.05) is 86.6 Å². The maximum Gasteiger partial charge on any atom is 0.119 e. The van der Waals surface area contributed by atoms with Crippen molar-refractivity contribution in [2.75, 3.05) is 39.3 Å². The van der Waals surface area contributed by atoms with Crippen LogP contribution < -0.4 is 4.74 Å². The van der Waals surface area contributed by atoms with Crippen molar-refractivity contribution in [1.29, 1.82) is 0 Å². The van der Waals surface area contributed by atoms with Crippen LogP contribution in [0, 0.1) is 0 Å². The molecule has 190 valence electrons. The lowest BCUT2D eigenvalue weighted by Crippen LogP contribution is -2.50. The molecule has 1 aliphatic heterocycles. The number of hydrogen-bond acceptors (Lipinski definition) is 4. The Morgan fingerprint density at radius 3 is 1.71 bits per heavy atom. The second-order valence-corrected chi connectivity index (χ2v) is 9.25. The first-order valence-electron chi connectivity index (χ1n) is 12.1. The molecule has 35 heavy (non-hydrogen) atoms. The van der Waals surface area contributed by atoms with Crippen LogP contribution >= 0.6 is 24.8 Å². The normalized spacial score (nSPS) is 15.3. The Morgan fingerprint density at radius 1 is 0.714 bits per heavy atom. The summed E-state index contributed by atoms with van der Waals surface area (Å²) in [6, 6.07) is 30.0. The zero-order valence-electron chi connectivity index (χ0n) is 20.6. The summed E-state index contributed by atoms with van der Waals surface area (Å²) < 4.78 is 5.83. The van der Waals surface area contributed by atoms with Crippen LogP contribution in [-0.4, -0.2) is 60.3 Å². The van der Waals surface area contributed by atoms with Gasteiger partial charge in [0.05, 0.1) is 6.04 Å². The second kappa shape index (κ2) is 14.5. The number of aliphatic hydroxyl groups is 1. The smallest absolute Gasteiger partial charge is 0.119 e. The zero-order chi connectivity index (χ0) is 23.0. The van der Waals surface area contributed by atoms with Gasteiger partial charge in [0, 0.05) is 32.7 Å². The number of β-amino-alcohol motifs (C(OH)–C–C–N with tert-alkyl or cyclic N) is 1. The number of benzene rings is 3. The van der Waals surface area contributed by atoms with Crippen LogP contribution in [0.2, 0.25) is 0 Å². The summed E-state index contributed by atoms with van der Waals surface area (Å²) in [7, 11) is 0. The van der Waals surface area contributed by atoms with Crippen molar-refractivity contribution in [1.82, 2.24) is 9.80 Å². The van der Waals surface area contributed by atoms with Crippen molar-refractivity contribution < 1.29 is 9.84 Å². The summed E-state index contributed by atoms with van der Waals surface area (Å²) in [5.74, 6) is 1.32. The summed E-state index contributed by atoms with van der Waals surface area (Å²) in [5, 5.41) is 10.6. The van der Waals surface area contributed by atoms with Crippen molar-refractivity contribution in [2.45, 2.75) is 31.9 Å². The van der Waals surface area contributed by atoms with Crippen molar-refractivity contribution in [2.24, 2.45) is 0 Å². The predicted molar refractivity (Wildman–Crippen MR) is 149 cm³/mol. The third kappa shape index (κ3) is 8.23. The number of piperazine rings is 1. The molecule has 0 aliphatic carbocycles. The van der Waals surface area contributed by atoms with Crippen LogP contribution in [0.25, 0.3) is 0 Å².